The van der Waals surface area contributed by atoms with Gasteiger partial charge in [0.05, 0.1) is 12.0 Å². The van der Waals surface area contributed by atoms with Gasteiger partial charge in [0.15, 0.2) is 0 Å². The van der Waals surface area contributed by atoms with Crippen LogP contribution in [0.5, 0.6) is 0 Å². The van der Waals surface area contributed by atoms with Gasteiger partial charge < -0.3 is 9.47 Å². The Kier molecular flexibility index (Phi) is 5.04. The molecular formula is C12H9NO6. The molecule has 1 aromatic carbocycles. The molecule has 0 aliphatic rings. The summed E-state index contributed by atoms with van der Waals surface area (Å²) in [6.45, 7) is 0. The highest BCUT2D eigenvalue weighted by atomic mass is 16.6. The summed E-state index contributed by atoms with van der Waals surface area (Å²) >= 11 is 0. The van der Waals surface area contributed by atoms with Crippen molar-refractivity contribution in [3.8, 4) is 12.0 Å². The van der Waals surface area contributed by atoms with E-state index in [-0.39, 0.29) is 5.69 Å². The van der Waals surface area contributed by atoms with Crippen molar-refractivity contribution in [2.24, 2.45) is 0 Å². The van der Waals surface area contributed by atoms with Crippen LogP contribution in [0.4, 0.5) is 5.69 Å². The molecule has 1 rings (SSSR count). The molecule has 0 aromatic heterocycles. The minimum absolute atomic E-state index is 0.0618. The van der Waals surface area contributed by atoms with Crippen LogP contribution in [0.1, 0.15) is 12.0 Å². The molecule has 0 saturated heterocycles. The van der Waals surface area contributed by atoms with Crippen LogP contribution in [0.15, 0.2) is 24.3 Å². The van der Waals surface area contributed by atoms with Crippen molar-refractivity contribution in [2.75, 3.05) is 7.11 Å². The summed E-state index contributed by atoms with van der Waals surface area (Å²) in [6.07, 6.45) is 1.58. The number of rotatable bonds is 3. The molecule has 7 heteroatoms. The topological polar surface area (TPSA) is 95.7 Å². The fraction of sp³-hybridized carbons (Fsp3) is 0.167. The Labute approximate surface area is 108 Å². The Bertz CT molecular complexity index is 552. The normalized spacial score (nSPS) is 8.89. The number of esters is 2. The van der Waals surface area contributed by atoms with Crippen LogP contribution >= 0.6 is 0 Å². The second-order valence-electron chi connectivity index (χ2n) is 3.26. The zero-order valence-corrected chi connectivity index (χ0v) is 9.91. The fourth-order valence-electron chi connectivity index (χ4n) is 1.03. The highest BCUT2D eigenvalue weighted by Crippen LogP contribution is 2.10. The van der Waals surface area contributed by atoms with Crippen LogP contribution in [-0.4, -0.2) is 24.0 Å². The summed E-state index contributed by atoms with van der Waals surface area (Å²) in [6, 6.07) is 5.39. The number of carbonyl (C=O) groups is 2. The molecule has 0 heterocycles. The largest absolute Gasteiger partial charge is 0.469 e. The number of hydrogen-bond acceptors (Lipinski definition) is 6. The molecule has 0 amide bonds. The third-order valence-electron chi connectivity index (χ3n) is 1.95. The van der Waals surface area contributed by atoms with Gasteiger partial charge in [-0.3, -0.25) is 19.7 Å². The Morgan fingerprint density at radius 1 is 1.26 bits per heavy atom. The van der Waals surface area contributed by atoms with Gasteiger partial charge in [0.2, 0.25) is 0 Å². The first-order chi connectivity index (χ1) is 9.02. The summed E-state index contributed by atoms with van der Waals surface area (Å²) in [7, 11) is 1.15. The first-order valence-electron chi connectivity index (χ1n) is 5.05. The van der Waals surface area contributed by atoms with Crippen molar-refractivity contribution in [1.29, 1.82) is 0 Å². The van der Waals surface area contributed by atoms with Crippen molar-refractivity contribution in [3.63, 3.8) is 0 Å². The van der Waals surface area contributed by atoms with E-state index in [4.69, 9.17) is 0 Å². The fourth-order valence-corrected chi connectivity index (χ4v) is 1.03. The van der Waals surface area contributed by atoms with Gasteiger partial charge in [-0.2, -0.15) is 0 Å². The molecule has 98 valence electrons. The van der Waals surface area contributed by atoms with E-state index in [2.05, 4.69) is 21.5 Å². The smallest absolute Gasteiger partial charge is 0.331 e. The van der Waals surface area contributed by atoms with Crippen LogP contribution in [0, 0.1) is 22.1 Å². The maximum atomic E-state index is 11.0. The van der Waals surface area contributed by atoms with Gasteiger partial charge >= 0.3 is 11.9 Å². The molecule has 0 saturated carbocycles. The van der Waals surface area contributed by atoms with E-state index >= 15 is 0 Å². The number of non-ortho nitro benzene ring substituents is 1. The number of methoxy groups -OCH3 is 1. The lowest BCUT2D eigenvalue weighted by atomic mass is 10.2. The average Bonchev–Trinajstić information content (AvgIpc) is 2.39. The summed E-state index contributed by atoms with van der Waals surface area (Å²) in [4.78, 5) is 31.6. The van der Waals surface area contributed by atoms with Gasteiger partial charge in [-0.1, -0.05) is 0 Å². The summed E-state index contributed by atoms with van der Waals surface area (Å²) in [5.41, 5.74) is 0.379. The Balaban J connectivity index is 2.56. The maximum absolute atomic E-state index is 11.0. The zero-order valence-electron chi connectivity index (χ0n) is 9.91. The first-order valence-corrected chi connectivity index (χ1v) is 5.05. The number of benzene rings is 1. The van der Waals surface area contributed by atoms with Crippen LogP contribution in [0.2, 0.25) is 0 Å². The van der Waals surface area contributed by atoms with Crippen LogP contribution < -0.4 is 0 Å². The van der Waals surface area contributed by atoms with Gasteiger partial charge in [0.1, 0.15) is 12.5 Å². The van der Waals surface area contributed by atoms with Gasteiger partial charge in [-0.05, 0) is 18.1 Å². The predicted molar refractivity (Wildman–Crippen MR) is 62.7 cm³/mol. The van der Waals surface area contributed by atoms with Crippen molar-refractivity contribution in [2.45, 2.75) is 6.42 Å². The second kappa shape index (κ2) is 6.76. The van der Waals surface area contributed by atoms with Gasteiger partial charge in [0, 0.05) is 17.7 Å². The standard InChI is InChI=1S/C12H9NO6/c1-18-11(14)8-12(15)19-7-6-9-2-4-10(5-3-9)13(16)17/h2-5H,8H2,1H3. The van der Waals surface area contributed by atoms with Crippen molar-refractivity contribution in [3.05, 3.63) is 39.9 Å². The third kappa shape index (κ3) is 4.87. The molecule has 0 fully saturated rings. The minimum atomic E-state index is -0.832. The Morgan fingerprint density at radius 3 is 2.42 bits per heavy atom. The molecule has 1 aromatic rings. The monoisotopic (exact) mass is 263 g/mol. The van der Waals surface area contributed by atoms with Crippen molar-refractivity contribution >= 4 is 17.6 Å². The predicted octanol–water partition coefficient (Wildman–Crippen LogP) is 1.01. The number of nitrogens with zero attached hydrogens (tertiary/aromatic N) is 1. The van der Waals surface area contributed by atoms with Gasteiger partial charge in [-0.25, -0.2) is 0 Å². The number of hydrogen-bond donors (Lipinski definition) is 0. The SMILES string of the molecule is COC(=O)CC(=O)OC#Cc1ccc([N+](=O)[O-])cc1. The maximum Gasteiger partial charge on any atom is 0.331 e. The van der Waals surface area contributed by atoms with E-state index in [1.165, 1.54) is 24.3 Å². The number of carbonyl (C=O) groups excluding carboxylic acids is 2. The minimum Gasteiger partial charge on any atom is -0.469 e. The van der Waals surface area contributed by atoms with E-state index in [9.17, 15) is 19.7 Å². The van der Waals surface area contributed by atoms with Gasteiger partial charge in [-0.15, -0.1) is 0 Å². The van der Waals surface area contributed by atoms with E-state index in [1.807, 2.05) is 0 Å². The van der Waals surface area contributed by atoms with E-state index < -0.39 is 23.3 Å². The lowest BCUT2D eigenvalue weighted by Crippen LogP contribution is -2.10. The summed E-state index contributed by atoms with van der Waals surface area (Å²) < 4.78 is 8.73. The molecule has 0 aliphatic heterocycles. The average molecular weight is 263 g/mol. The molecule has 0 spiro atoms. The number of ether oxygens (including phenoxy) is 2. The number of nitro groups is 1. The van der Waals surface area contributed by atoms with Crippen LogP contribution in [0.25, 0.3) is 0 Å². The first kappa shape index (κ1) is 14.2. The Morgan fingerprint density at radius 2 is 1.89 bits per heavy atom. The highest BCUT2D eigenvalue weighted by Gasteiger charge is 2.09. The third-order valence-corrected chi connectivity index (χ3v) is 1.95. The quantitative estimate of drug-likeness (QED) is 0.265. The number of nitro benzene ring substituents is 1. The molecule has 7 nitrogen and oxygen atoms in total. The van der Waals surface area contributed by atoms with E-state index in [0.717, 1.165) is 7.11 Å². The molecule has 0 bridgehead atoms. The lowest BCUT2D eigenvalue weighted by Gasteiger charge is -1.95. The molecule has 0 radical (unpaired) electrons. The highest BCUT2D eigenvalue weighted by molar-refractivity contribution is 5.91. The molecule has 19 heavy (non-hydrogen) atoms. The van der Waals surface area contributed by atoms with Gasteiger partial charge in [0.25, 0.3) is 5.69 Å². The van der Waals surface area contributed by atoms with E-state index in [1.54, 1.807) is 0 Å². The Hall–Kier alpha value is -2.88. The molecule has 0 atom stereocenters. The zero-order chi connectivity index (χ0) is 14.3. The van der Waals surface area contributed by atoms with Crippen molar-refractivity contribution in [1.82, 2.24) is 0 Å². The van der Waals surface area contributed by atoms with Crippen molar-refractivity contribution < 1.29 is 24.0 Å². The van der Waals surface area contributed by atoms with Crippen LogP contribution in [0.3, 0.4) is 0 Å². The summed E-state index contributed by atoms with van der Waals surface area (Å²) in [5, 5.41) is 10.4. The van der Waals surface area contributed by atoms with Crippen LogP contribution in [-0.2, 0) is 19.1 Å². The summed E-state index contributed by atoms with van der Waals surface area (Å²) in [5.74, 6) is 0.913. The molecule has 0 aliphatic carbocycles. The molecular weight excluding hydrogens is 254 g/mol. The molecule has 0 unspecified atom stereocenters. The lowest BCUT2D eigenvalue weighted by molar-refractivity contribution is -0.384. The second-order valence-corrected chi connectivity index (χ2v) is 3.26. The molecule has 0 N–H and O–H groups in total. The van der Waals surface area contributed by atoms with E-state index in [0.29, 0.717) is 5.56 Å².